The lowest BCUT2D eigenvalue weighted by atomic mass is 9.92. The van der Waals surface area contributed by atoms with Crippen LogP contribution in [0.1, 0.15) is 29.6 Å². The van der Waals surface area contributed by atoms with Crippen LogP contribution in [0.3, 0.4) is 0 Å². The first-order chi connectivity index (χ1) is 11.7. The Bertz CT molecular complexity index is 656. The monoisotopic (exact) mass is 381 g/mol. The summed E-state index contributed by atoms with van der Waals surface area (Å²) in [5, 5.41) is 6.39. The summed E-state index contributed by atoms with van der Waals surface area (Å²) in [4.78, 5) is 27.7. The molecule has 2 amide bonds. The molecule has 1 aromatic carbocycles. The molecular formula is C18H24ClN3O2S. The van der Waals surface area contributed by atoms with Crippen LogP contribution in [-0.4, -0.2) is 48.6 Å². The van der Waals surface area contributed by atoms with E-state index in [9.17, 15) is 9.59 Å². The van der Waals surface area contributed by atoms with Gasteiger partial charge in [-0.05, 0) is 56.0 Å². The van der Waals surface area contributed by atoms with Crippen molar-refractivity contribution < 1.29 is 9.59 Å². The number of carbonyl (C=O) groups excluding carboxylic acids is 2. The average Bonchev–Trinajstić information content (AvgIpc) is 2.82. The van der Waals surface area contributed by atoms with Crippen molar-refractivity contribution in [3.05, 3.63) is 23.8 Å². The van der Waals surface area contributed by atoms with Crippen molar-refractivity contribution in [1.82, 2.24) is 10.2 Å². The Labute approximate surface area is 158 Å². The first kappa shape index (κ1) is 18.5. The van der Waals surface area contributed by atoms with E-state index in [2.05, 4.69) is 10.6 Å². The third kappa shape index (κ3) is 3.96. The number of fused-ring (bicyclic) bond motifs is 2. The third-order valence-corrected chi connectivity index (χ3v) is 6.47. The van der Waals surface area contributed by atoms with Gasteiger partial charge in [0.05, 0.1) is 5.69 Å². The first-order valence-corrected chi connectivity index (χ1v) is 9.76. The van der Waals surface area contributed by atoms with Gasteiger partial charge in [-0.1, -0.05) is 0 Å². The Hall–Kier alpha value is -1.24. The SMILES string of the molecule is Cl.O=C1CCSc2ccc(C(=O)N3CC[C@@H]4CNC[C@@H]4CC3)cc2N1. The molecule has 0 spiro atoms. The fraction of sp³-hybridized carbons (Fsp3) is 0.556. The van der Waals surface area contributed by atoms with Gasteiger partial charge in [0.1, 0.15) is 0 Å². The molecule has 0 bridgehead atoms. The standard InChI is InChI=1S/C18H23N3O2S.ClH/c22-17-5-8-24-16-2-1-12(9-15(16)20-17)18(23)21-6-3-13-10-19-11-14(13)4-7-21;/h1-2,9,13-14,19H,3-8,10-11H2,(H,20,22);1H/t13-,14+;. The van der Waals surface area contributed by atoms with Crippen LogP contribution in [0.4, 0.5) is 5.69 Å². The number of anilines is 1. The maximum atomic E-state index is 12.9. The number of rotatable bonds is 1. The molecule has 5 nitrogen and oxygen atoms in total. The average molecular weight is 382 g/mol. The van der Waals surface area contributed by atoms with E-state index in [0.29, 0.717) is 23.8 Å². The summed E-state index contributed by atoms with van der Waals surface area (Å²) in [7, 11) is 0. The highest BCUT2D eigenvalue weighted by molar-refractivity contribution is 7.99. The summed E-state index contributed by atoms with van der Waals surface area (Å²) in [6, 6.07) is 5.72. The van der Waals surface area contributed by atoms with E-state index in [-0.39, 0.29) is 24.2 Å². The van der Waals surface area contributed by atoms with E-state index >= 15 is 0 Å². The maximum absolute atomic E-state index is 12.9. The van der Waals surface area contributed by atoms with Crippen molar-refractivity contribution in [2.24, 2.45) is 11.8 Å². The minimum Gasteiger partial charge on any atom is -0.339 e. The van der Waals surface area contributed by atoms with Crippen LogP contribution in [-0.2, 0) is 4.79 Å². The number of hydrogen-bond acceptors (Lipinski definition) is 4. The molecule has 0 unspecified atom stereocenters. The molecule has 4 rings (SSSR count). The molecule has 3 aliphatic heterocycles. The zero-order valence-corrected chi connectivity index (χ0v) is 15.8. The Balaban J connectivity index is 0.00000182. The van der Waals surface area contributed by atoms with Gasteiger partial charge in [0.25, 0.3) is 5.91 Å². The summed E-state index contributed by atoms with van der Waals surface area (Å²) in [5.74, 6) is 2.33. The van der Waals surface area contributed by atoms with Crippen LogP contribution in [0.25, 0.3) is 0 Å². The van der Waals surface area contributed by atoms with Gasteiger partial charge >= 0.3 is 0 Å². The first-order valence-electron chi connectivity index (χ1n) is 8.77. The van der Waals surface area contributed by atoms with Gasteiger partial charge in [-0.25, -0.2) is 0 Å². The van der Waals surface area contributed by atoms with Gasteiger partial charge < -0.3 is 15.5 Å². The van der Waals surface area contributed by atoms with Crippen molar-refractivity contribution in [2.45, 2.75) is 24.2 Å². The minimum absolute atomic E-state index is 0. The number of benzene rings is 1. The number of thioether (sulfide) groups is 1. The van der Waals surface area contributed by atoms with E-state index in [4.69, 9.17) is 0 Å². The largest absolute Gasteiger partial charge is 0.339 e. The lowest BCUT2D eigenvalue weighted by Crippen LogP contribution is -2.32. The predicted octanol–water partition coefficient (Wildman–Crippen LogP) is 2.61. The summed E-state index contributed by atoms with van der Waals surface area (Å²) >= 11 is 1.67. The molecule has 1 aromatic rings. The number of carbonyl (C=O) groups is 2. The van der Waals surface area contributed by atoms with Crippen LogP contribution in [0.2, 0.25) is 0 Å². The molecule has 3 heterocycles. The molecule has 3 aliphatic rings. The van der Waals surface area contributed by atoms with Gasteiger partial charge in [0.15, 0.2) is 0 Å². The summed E-state index contributed by atoms with van der Waals surface area (Å²) in [6.45, 7) is 3.85. The maximum Gasteiger partial charge on any atom is 0.253 e. The molecule has 0 radical (unpaired) electrons. The van der Waals surface area contributed by atoms with Gasteiger partial charge in [0.2, 0.25) is 5.91 Å². The molecule has 0 aliphatic carbocycles. The number of likely N-dealkylation sites (tertiary alicyclic amines) is 1. The molecular weight excluding hydrogens is 358 g/mol. The highest BCUT2D eigenvalue weighted by atomic mass is 35.5. The molecule has 2 atom stereocenters. The molecule has 7 heteroatoms. The summed E-state index contributed by atoms with van der Waals surface area (Å²) < 4.78 is 0. The number of nitrogens with zero attached hydrogens (tertiary/aromatic N) is 1. The van der Waals surface area contributed by atoms with Gasteiger partial charge in [-0.2, -0.15) is 0 Å². The zero-order valence-electron chi connectivity index (χ0n) is 14.1. The second-order valence-corrected chi connectivity index (χ2v) is 8.04. The van der Waals surface area contributed by atoms with E-state index in [1.165, 1.54) is 0 Å². The molecule has 0 aromatic heterocycles. The fourth-order valence-electron chi connectivity index (χ4n) is 3.96. The third-order valence-electron chi connectivity index (χ3n) is 5.39. The lowest BCUT2D eigenvalue weighted by molar-refractivity contribution is -0.115. The van der Waals surface area contributed by atoms with E-state index in [0.717, 1.165) is 55.4 Å². The van der Waals surface area contributed by atoms with Crippen molar-refractivity contribution in [2.75, 3.05) is 37.2 Å². The second kappa shape index (κ2) is 7.98. The summed E-state index contributed by atoms with van der Waals surface area (Å²) in [5.41, 5.74) is 1.46. The fourth-order valence-corrected chi connectivity index (χ4v) is 4.89. The van der Waals surface area contributed by atoms with Gasteiger partial charge in [0, 0.05) is 35.7 Å². The second-order valence-electron chi connectivity index (χ2n) is 6.91. The van der Waals surface area contributed by atoms with Crippen LogP contribution in [0.15, 0.2) is 23.1 Å². The van der Waals surface area contributed by atoms with Crippen LogP contribution >= 0.6 is 24.2 Å². The Morgan fingerprint density at radius 1 is 1.16 bits per heavy atom. The van der Waals surface area contributed by atoms with Crippen molar-refractivity contribution >= 4 is 41.7 Å². The van der Waals surface area contributed by atoms with E-state index < -0.39 is 0 Å². The Kier molecular flexibility index (Phi) is 5.92. The topological polar surface area (TPSA) is 61.4 Å². The van der Waals surface area contributed by atoms with E-state index in [1.807, 2.05) is 23.1 Å². The van der Waals surface area contributed by atoms with Gasteiger partial charge in [-0.15, -0.1) is 24.2 Å². The molecule has 2 fully saturated rings. The molecule has 0 saturated carbocycles. The predicted molar refractivity (Wildman–Crippen MR) is 103 cm³/mol. The zero-order chi connectivity index (χ0) is 16.5. The number of halogens is 1. The minimum atomic E-state index is 0. The highest BCUT2D eigenvalue weighted by Gasteiger charge is 2.31. The van der Waals surface area contributed by atoms with Crippen molar-refractivity contribution in [3.8, 4) is 0 Å². The van der Waals surface area contributed by atoms with Crippen molar-refractivity contribution in [3.63, 3.8) is 0 Å². The summed E-state index contributed by atoms with van der Waals surface area (Å²) in [6.07, 6.45) is 2.69. The molecule has 25 heavy (non-hydrogen) atoms. The van der Waals surface area contributed by atoms with Crippen LogP contribution in [0, 0.1) is 11.8 Å². The molecule has 2 saturated heterocycles. The molecule has 2 N–H and O–H groups in total. The normalized spacial score (nSPS) is 25.8. The lowest BCUT2D eigenvalue weighted by Gasteiger charge is -2.21. The van der Waals surface area contributed by atoms with E-state index in [1.54, 1.807) is 11.8 Å². The van der Waals surface area contributed by atoms with Crippen LogP contribution in [0.5, 0.6) is 0 Å². The number of hydrogen-bond donors (Lipinski definition) is 2. The van der Waals surface area contributed by atoms with Crippen molar-refractivity contribution in [1.29, 1.82) is 0 Å². The van der Waals surface area contributed by atoms with Gasteiger partial charge in [-0.3, -0.25) is 9.59 Å². The number of nitrogens with one attached hydrogen (secondary N) is 2. The Morgan fingerprint density at radius 2 is 1.88 bits per heavy atom. The van der Waals surface area contributed by atoms with Crippen LogP contribution < -0.4 is 10.6 Å². The quantitative estimate of drug-likeness (QED) is 0.785. The molecule has 136 valence electrons. The Morgan fingerprint density at radius 3 is 2.60 bits per heavy atom. The highest BCUT2D eigenvalue weighted by Crippen LogP contribution is 2.32. The number of amides is 2. The smallest absolute Gasteiger partial charge is 0.253 e.